The molecule has 35 heavy (non-hydrogen) atoms. The number of hydrogen-bond donors (Lipinski definition) is 1. The Labute approximate surface area is 209 Å². The molecule has 186 valence electrons. The zero-order chi connectivity index (χ0) is 23.5. The van der Waals surface area contributed by atoms with Gasteiger partial charge in [0.05, 0.1) is 15.8 Å². The third kappa shape index (κ3) is 5.58. The maximum absolute atomic E-state index is 12.5. The number of ether oxygens (including phenoxy) is 2. The Morgan fingerprint density at radius 1 is 1.00 bits per heavy atom. The molecule has 10 heteroatoms. The predicted molar refractivity (Wildman–Crippen MR) is 136 cm³/mol. The molecule has 1 N–H and O–H groups in total. The molecule has 3 aromatic rings. The number of nitro benzene ring substituents is 1. The zero-order valence-corrected chi connectivity index (χ0v) is 20.2. The van der Waals surface area contributed by atoms with E-state index in [1.807, 2.05) is 12.1 Å². The van der Waals surface area contributed by atoms with Gasteiger partial charge in [-0.2, -0.15) is 0 Å². The highest BCUT2D eigenvalue weighted by Gasteiger charge is 2.20. The first-order valence-corrected chi connectivity index (χ1v) is 11.7. The first-order valence-electron chi connectivity index (χ1n) is 11.7. The van der Waals surface area contributed by atoms with Crippen LogP contribution in [0.5, 0.6) is 11.5 Å². The van der Waals surface area contributed by atoms with Crippen LogP contribution in [0.4, 0.5) is 5.69 Å². The van der Waals surface area contributed by atoms with Gasteiger partial charge >= 0.3 is 0 Å². The van der Waals surface area contributed by atoms with Crippen LogP contribution in [-0.4, -0.2) is 53.3 Å². The number of rotatable bonds is 7. The van der Waals surface area contributed by atoms with Gasteiger partial charge in [-0.3, -0.25) is 14.9 Å². The van der Waals surface area contributed by atoms with Gasteiger partial charge < -0.3 is 24.3 Å². The fourth-order valence-electron chi connectivity index (χ4n) is 4.76. The first kappa shape index (κ1) is 25.0. The van der Waals surface area contributed by atoms with E-state index in [0.717, 1.165) is 50.5 Å². The summed E-state index contributed by atoms with van der Waals surface area (Å²) >= 11 is 0. The molecule has 0 aliphatic carbocycles. The number of non-ortho nitro benzene ring substituents is 1. The molecule has 2 aliphatic rings. The van der Waals surface area contributed by atoms with Gasteiger partial charge in [0.15, 0.2) is 11.5 Å². The number of nitro groups is 1. The van der Waals surface area contributed by atoms with Crippen molar-refractivity contribution in [2.45, 2.75) is 32.0 Å². The molecule has 0 saturated carbocycles. The van der Waals surface area contributed by atoms with Crippen LogP contribution >= 0.6 is 12.4 Å². The van der Waals surface area contributed by atoms with Gasteiger partial charge in [0, 0.05) is 37.8 Å². The Hall–Kier alpha value is -3.14. The van der Waals surface area contributed by atoms with Gasteiger partial charge in [0.2, 0.25) is 0 Å². The van der Waals surface area contributed by atoms with E-state index < -0.39 is 4.92 Å². The van der Waals surface area contributed by atoms with Crippen LogP contribution in [0.25, 0.3) is 10.9 Å². The Morgan fingerprint density at radius 2 is 1.77 bits per heavy atom. The van der Waals surface area contributed by atoms with Crippen LogP contribution in [0.2, 0.25) is 0 Å². The Morgan fingerprint density at radius 3 is 2.54 bits per heavy atom. The summed E-state index contributed by atoms with van der Waals surface area (Å²) in [4.78, 5) is 25.8. The van der Waals surface area contributed by atoms with E-state index in [1.54, 1.807) is 22.8 Å². The van der Waals surface area contributed by atoms with Gasteiger partial charge in [0.1, 0.15) is 13.2 Å². The summed E-state index contributed by atoms with van der Waals surface area (Å²) in [7, 11) is 0. The van der Waals surface area contributed by atoms with Crippen LogP contribution < -0.4 is 20.3 Å². The van der Waals surface area contributed by atoms with Crippen molar-refractivity contribution in [3.8, 4) is 11.5 Å². The Bertz CT molecular complexity index is 1260. The van der Waals surface area contributed by atoms with E-state index in [4.69, 9.17) is 9.47 Å². The zero-order valence-electron chi connectivity index (χ0n) is 19.4. The highest BCUT2D eigenvalue weighted by molar-refractivity contribution is 5.88. The normalized spacial score (nSPS) is 16.1. The van der Waals surface area contributed by atoms with E-state index in [-0.39, 0.29) is 23.7 Å². The third-order valence-electron chi connectivity index (χ3n) is 6.64. The van der Waals surface area contributed by atoms with Crippen molar-refractivity contribution < 1.29 is 14.4 Å². The SMILES string of the molecule is Cl.O=c1ccc2c([N+](=O)[O-])cccc2n1CCN1CCC(NCc2ccc3c(c2)OCCO3)CC1. The summed E-state index contributed by atoms with van der Waals surface area (Å²) in [6, 6.07) is 14.4. The monoisotopic (exact) mass is 500 g/mol. The summed E-state index contributed by atoms with van der Waals surface area (Å²) in [5, 5.41) is 15.5. The van der Waals surface area contributed by atoms with Crippen LogP contribution in [0.3, 0.4) is 0 Å². The van der Waals surface area contributed by atoms with Gasteiger partial charge in [0.25, 0.3) is 11.2 Å². The minimum Gasteiger partial charge on any atom is -0.486 e. The van der Waals surface area contributed by atoms with E-state index >= 15 is 0 Å². The van der Waals surface area contributed by atoms with E-state index in [2.05, 4.69) is 16.3 Å². The summed E-state index contributed by atoms with van der Waals surface area (Å²) in [6.45, 7) is 5.09. The van der Waals surface area contributed by atoms with E-state index in [0.29, 0.717) is 36.7 Å². The number of piperidine rings is 1. The van der Waals surface area contributed by atoms with Gasteiger partial charge in [-0.05, 0) is 55.8 Å². The third-order valence-corrected chi connectivity index (χ3v) is 6.64. The largest absolute Gasteiger partial charge is 0.486 e. The van der Waals surface area contributed by atoms with Gasteiger partial charge in [-0.1, -0.05) is 12.1 Å². The summed E-state index contributed by atoms with van der Waals surface area (Å²) in [5.41, 5.74) is 1.67. The second kappa shape index (κ2) is 11.1. The summed E-state index contributed by atoms with van der Waals surface area (Å²) in [6.07, 6.45) is 2.06. The Balaban J connectivity index is 0.00000289. The van der Waals surface area contributed by atoms with Crippen LogP contribution in [0.15, 0.2) is 53.3 Å². The fraction of sp³-hybridized carbons (Fsp3) is 0.400. The molecule has 5 rings (SSSR count). The smallest absolute Gasteiger partial charge is 0.278 e. The minimum atomic E-state index is -0.403. The quantitative estimate of drug-likeness (QED) is 0.392. The van der Waals surface area contributed by atoms with E-state index in [9.17, 15) is 14.9 Å². The second-order valence-electron chi connectivity index (χ2n) is 8.77. The van der Waals surface area contributed by atoms with Crippen molar-refractivity contribution in [2.75, 3.05) is 32.8 Å². The molecule has 0 bridgehead atoms. The average molecular weight is 501 g/mol. The minimum absolute atomic E-state index is 0. The molecule has 1 saturated heterocycles. The molecule has 0 amide bonds. The van der Waals surface area contributed by atoms with Crippen molar-refractivity contribution in [1.29, 1.82) is 0 Å². The maximum atomic E-state index is 12.5. The Kier molecular flexibility index (Phi) is 7.90. The number of aromatic nitrogens is 1. The second-order valence-corrected chi connectivity index (χ2v) is 8.77. The number of halogens is 1. The molecule has 9 nitrogen and oxygen atoms in total. The number of hydrogen-bond acceptors (Lipinski definition) is 7. The van der Waals surface area contributed by atoms with Gasteiger partial charge in [-0.15, -0.1) is 12.4 Å². The lowest BCUT2D eigenvalue weighted by molar-refractivity contribution is -0.383. The van der Waals surface area contributed by atoms with Crippen molar-refractivity contribution in [3.05, 3.63) is 74.6 Å². The van der Waals surface area contributed by atoms with Crippen LogP contribution in [-0.2, 0) is 13.1 Å². The molecule has 1 aromatic heterocycles. The van der Waals surface area contributed by atoms with E-state index in [1.165, 1.54) is 17.7 Å². The number of benzene rings is 2. The van der Waals surface area contributed by atoms with Crippen molar-refractivity contribution >= 4 is 29.0 Å². The molecular formula is C25H29ClN4O5. The maximum Gasteiger partial charge on any atom is 0.278 e. The average Bonchev–Trinajstić information content (AvgIpc) is 2.87. The van der Waals surface area contributed by atoms with Crippen LogP contribution in [0, 0.1) is 10.1 Å². The molecule has 3 heterocycles. The number of fused-ring (bicyclic) bond motifs is 2. The molecule has 2 aliphatic heterocycles. The van der Waals surface area contributed by atoms with Crippen molar-refractivity contribution in [1.82, 2.24) is 14.8 Å². The predicted octanol–water partition coefficient (Wildman–Crippen LogP) is 3.36. The standard InChI is InChI=1S/C25H28N4O5.ClH/c30-25-7-5-20-21(2-1-3-22(20)29(31)32)28(25)13-12-27-10-8-19(9-11-27)26-17-18-4-6-23-24(16-18)34-15-14-33-23;/h1-7,16,19,26H,8-15,17H2;1H. The summed E-state index contributed by atoms with van der Waals surface area (Å²) in [5.74, 6) is 1.62. The highest BCUT2D eigenvalue weighted by atomic mass is 35.5. The molecular weight excluding hydrogens is 472 g/mol. The lowest BCUT2D eigenvalue weighted by atomic mass is 10.0. The van der Waals surface area contributed by atoms with Crippen molar-refractivity contribution in [3.63, 3.8) is 0 Å². The number of likely N-dealkylation sites (tertiary alicyclic amines) is 1. The highest BCUT2D eigenvalue weighted by Crippen LogP contribution is 2.30. The molecule has 2 aromatic carbocycles. The van der Waals surface area contributed by atoms with Crippen molar-refractivity contribution in [2.24, 2.45) is 0 Å². The first-order chi connectivity index (χ1) is 16.6. The molecule has 0 spiro atoms. The lowest BCUT2D eigenvalue weighted by Crippen LogP contribution is -2.43. The molecule has 0 radical (unpaired) electrons. The number of pyridine rings is 1. The van der Waals surface area contributed by atoms with Crippen LogP contribution in [0.1, 0.15) is 18.4 Å². The number of nitrogens with zero attached hydrogens (tertiary/aromatic N) is 3. The lowest BCUT2D eigenvalue weighted by Gasteiger charge is -2.32. The number of nitrogens with one attached hydrogen (secondary N) is 1. The molecule has 0 atom stereocenters. The van der Waals surface area contributed by atoms with Gasteiger partial charge in [-0.25, -0.2) is 0 Å². The fourth-order valence-corrected chi connectivity index (χ4v) is 4.76. The molecule has 1 fully saturated rings. The summed E-state index contributed by atoms with van der Waals surface area (Å²) < 4.78 is 12.9. The topological polar surface area (TPSA) is 98.9 Å². The molecule has 0 unspecified atom stereocenters.